The topological polar surface area (TPSA) is 101 Å². The van der Waals surface area contributed by atoms with Gasteiger partial charge in [0.25, 0.3) is 0 Å². The molecule has 4 atom stereocenters. The number of hydrogen-bond acceptors (Lipinski definition) is 7. The van der Waals surface area contributed by atoms with Crippen molar-refractivity contribution in [1.82, 2.24) is 19.8 Å². The molecule has 1 unspecified atom stereocenters. The highest BCUT2D eigenvalue weighted by atomic mass is 32.1. The van der Waals surface area contributed by atoms with Crippen LogP contribution in [0.5, 0.6) is 0 Å². The van der Waals surface area contributed by atoms with Gasteiger partial charge in [0.1, 0.15) is 11.7 Å². The Hall–Kier alpha value is -3.87. The zero-order chi connectivity index (χ0) is 31.8. The SMILES string of the molecule is C#Cc1ccc(COC2C[C@@H](C(=O)Cc3snnc3-c3ccccc3)N(C(=O)[C@@H](NC(=O)[C@H](C)CC)C3CCCCC3)C2)cc1. The predicted octanol–water partition coefficient (Wildman–Crippen LogP) is 5.60. The fraction of sp³-hybridized carbons (Fsp3) is 0.472. The molecule has 1 aliphatic carbocycles. The minimum Gasteiger partial charge on any atom is -0.372 e. The standard InChI is InChI=1S/C36H42N4O4S/c1-4-24(3)35(42)37-34(28-14-10-7-11-15-28)36(43)40-22-29(44-23-26-18-16-25(5-2)17-19-26)20-30(40)31(41)21-32-33(38-39-45-32)27-12-8-6-9-13-27/h2,6,8-9,12-13,16-19,24,28-30,34H,4,7,10-11,14-15,20-23H2,1,3H3,(H,37,42)/t24-,29?,30+,34+/m1/s1. The summed E-state index contributed by atoms with van der Waals surface area (Å²) in [4.78, 5) is 44.1. The number of nitrogens with zero attached hydrogens (tertiary/aromatic N) is 3. The Balaban J connectivity index is 1.38. The van der Waals surface area contributed by atoms with E-state index in [2.05, 4.69) is 20.8 Å². The lowest BCUT2D eigenvalue weighted by Gasteiger charge is -2.35. The van der Waals surface area contributed by atoms with Gasteiger partial charge >= 0.3 is 0 Å². The van der Waals surface area contributed by atoms with Crippen LogP contribution in [0.4, 0.5) is 0 Å². The molecule has 1 aliphatic heterocycles. The van der Waals surface area contributed by atoms with Crippen LogP contribution >= 0.6 is 11.5 Å². The molecule has 5 rings (SSSR count). The Kier molecular flexibility index (Phi) is 11.1. The highest BCUT2D eigenvalue weighted by Crippen LogP contribution is 2.32. The molecule has 1 aromatic heterocycles. The Morgan fingerprint density at radius 3 is 2.51 bits per heavy atom. The lowest BCUT2D eigenvalue weighted by molar-refractivity contribution is -0.143. The Bertz CT molecular complexity index is 1490. The van der Waals surface area contributed by atoms with Crippen molar-refractivity contribution in [3.05, 3.63) is 70.6 Å². The van der Waals surface area contributed by atoms with Gasteiger partial charge in [-0.3, -0.25) is 14.4 Å². The molecule has 1 saturated carbocycles. The van der Waals surface area contributed by atoms with E-state index >= 15 is 0 Å². The third-order valence-electron chi connectivity index (χ3n) is 9.21. The highest BCUT2D eigenvalue weighted by Gasteiger charge is 2.44. The molecule has 2 aromatic carbocycles. The van der Waals surface area contributed by atoms with Crippen molar-refractivity contribution in [3.63, 3.8) is 0 Å². The summed E-state index contributed by atoms with van der Waals surface area (Å²) in [6.07, 6.45) is 11.3. The maximum absolute atomic E-state index is 14.4. The molecule has 3 aromatic rings. The number of ether oxygens (including phenoxy) is 1. The predicted molar refractivity (Wildman–Crippen MR) is 175 cm³/mol. The van der Waals surface area contributed by atoms with E-state index in [1.54, 1.807) is 4.90 Å². The lowest BCUT2D eigenvalue weighted by Crippen LogP contribution is -2.56. The normalized spacial score (nSPS) is 19.9. The molecule has 0 bridgehead atoms. The Morgan fingerprint density at radius 2 is 1.82 bits per heavy atom. The van der Waals surface area contributed by atoms with Gasteiger partial charge in [-0.15, -0.1) is 11.5 Å². The van der Waals surface area contributed by atoms with Gasteiger partial charge in [-0.1, -0.05) is 86.0 Å². The van der Waals surface area contributed by atoms with Gasteiger partial charge in [-0.25, -0.2) is 0 Å². The molecule has 8 nitrogen and oxygen atoms in total. The van der Waals surface area contributed by atoms with Crippen LogP contribution < -0.4 is 5.32 Å². The largest absolute Gasteiger partial charge is 0.372 e. The summed E-state index contributed by atoms with van der Waals surface area (Å²) in [5.74, 6) is 2.08. The van der Waals surface area contributed by atoms with Gasteiger partial charge < -0.3 is 15.0 Å². The van der Waals surface area contributed by atoms with E-state index in [4.69, 9.17) is 11.2 Å². The maximum Gasteiger partial charge on any atom is 0.246 e. The lowest BCUT2D eigenvalue weighted by atomic mass is 9.83. The Labute approximate surface area is 270 Å². The van der Waals surface area contributed by atoms with Crippen molar-refractivity contribution in [2.45, 2.75) is 90.0 Å². The monoisotopic (exact) mass is 626 g/mol. The summed E-state index contributed by atoms with van der Waals surface area (Å²) in [5, 5.41) is 7.43. The quantitative estimate of drug-likeness (QED) is 0.263. The molecular weight excluding hydrogens is 584 g/mol. The van der Waals surface area contributed by atoms with E-state index < -0.39 is 12.1 Å². The van der Waals surface area contributed by atoms with Crippen LogP contribution in [0.3, 0.4) is 0 Å². The molecule has 2 heterocycles. The van der Waals surface area contributed by atoms with Crippen molar-refractivity contribution in [2.24, 2.45) is 11.8 Å². The van der Waals surface area contributed by atoms with E-state index in [0.29, 0.717) is 25.1 Å². The zero-order valence-corrected chi connectivity index (χ0v) is 26.9. The van der Waals surface area contributed by atoms with E-state index in [1.165, 1.54) is 11.5 Å². The van der Waals surface area contributed by atoms with Crippen molar-refractivity contribution in [1.29, 1.82) is 0 Å². The molecule has 2 aliphatic rings. The van der Waals surface area contributed by atoms with Crippen LogP contribution in [0.2, 0.25) is 0 Å². The number of benzene rings is 2. The Morgan fingerprint density at radius 1 is 1.09 bits per heavy atom. The zero-order valence-electron chi connectivity index (χ0n) is 26.1. The van der Waals surface area contributed by atoms with Gasteiger partial charge in [0.2, 0.25) is 11.8 Å². The van der Waals surface area contributed by atoms with Crippen LogP contribution in [0, 0.1) is 24.2 Å². The third kappa shape index (κ3) is 8.05. The highest BCUT2D eigenvalue weighted by molar-refractivity contribution is 7.06. The van der Waals surface area contributed by atoms with E-state index in [0.717, 1.165) is 53.7 Å². The molecule has 2 amide bonds. The summed E-state index contributed by atoms with van der Waals surface area (Å²) in [5.41, 5.74) is 3.35. The van der Waals surface area contributed by atoms with Crippen molar-refractivity contribution >= 4 is 29.1 Å². The summed E-state index contributed by atoms with van der Waals surface area (Å²) in [7, 11) is 0. The number of likely N-dealkylation sites (tertiary alicyclic amines) is 1. The first-order chi connectivity index (χ1) is 21.9. The first kappa shape index (κ1) is 32.5. The average molecular weight is 627 g/mol. The number of terminal acetylenes is 1. The van der Waals surface area contributed by atoms with Gasteiger partial charge in [0.15, 0.2) is 5.78 Å². The second-order valence-electron chi connectivity index (χ2n) is 12.3. The molecule has 45 heavy (non-hydrogen) atoms. The molecule has 9 heteroatoms. The van der Waals surface area contributed by atoms with Crippen LogP contribution in [-0.4, -0.2) is 56.8 Å². The maximum atomic E-state index is 14.4. The fourth-order valence-corrected chi connectivity index (χ4v) is 6.98. The van der Waals surface area contributed by atoms with Gasteiger partial charge in [0, 0.05) is 36.4 Å². The molecule has 0 radical (unpaired) electrons. The minimum atomic E-state index is -0.677. The first-order valence-corrected chi connectivity index (χ1v) is 16.8. The number of hydrogen-bond donors (Lipinski definition) is 1. The molecule has 1 N–H and O–H groups in total. The van der Waals surface area contributed by atoms with Crippen LogP contribution in [0.1, 0.15) is 74.8 Å². The number of carbonyl (C=O) groups is 3. The number of Topliss-reactive ketones (excluding diaryl/α,β-unsaturated/α-hetero) is 1. The third-order valence-corrected chi connectivity index (χ3v) is 9.93. The van der Waals surface area contributed by atoms with Crippen molar-refractivity contribution < 1.29 is 19.1 Å². The van der Waals surface area contributed by atoms with Gasteiger partial charge in [-0.2, -0.15) is 0 Å². The summed E-state index contributed by atoms with van der Waals surface area (Å²) in [6, 6.07) is 16.0. The molecule has 236 valence electrons. The van der Waals surface area contributed by atoms with E-state index in [-0.39, 0.29) is 48.5 Å². The van der Waals surface area contributed by atoms with Crippen molar-refractivity contribution in [3.8, 4) is 23.6 Å². The van der Waals surface area contributed by atoms with Crippen LogP contribution in [0.25, 0.3) is 11.3 Å². The fourth-order valence-electron chi connectivity index (χ4n) is 6.30. The van der Waals surface area contributed by atoms with Crippen LogP contribution in [-0.2, 0) is 32.1 Å². The number of rotatable bonds is 12. The summed E-state index contributed by atoms with van der Waals surface area (Å²) < 4.78 is 10.4. The average Bonchev–Trinajstić information content (AvgIpc) is 3.74. The summed E-state index contributed by atoms with van der Waals surface area (Å²) in [6.45, 7) is 4.48. The molecular formula is C36H42N4O4S. The number of ketones is 1. The smallest absolute Gasteiger partial charge is 0.246 e. The van der Waals surface area contributed by atoms with Gasteiger partial charge in [0.05, 0.1) is 23.6 Å². The minimum absolute atomic E-state index is 0.0417. The molecule has 1 saturated heterocycles. The van der Waals surface area contributed by atoms with Gasteiger partial charge in [-0.05, 0) is 54.4 Å². The summed E-state index contributed by atoms with van der Waals surface area (Å²) >= 11 is 1.21. The number of aromatic nitrogens is 2. The molecule has 2 fully saturated rings. The van der Waals surface area contributed by atoms with E-state index in [1.807, 2.05) is 68.4 Å². The molecule has 0 spiro atoms. The number of carbonyl (C=O) groups excluding carboxylic acids is 3. The second kappa shape index (κ2) is 15.4. The number of nitrogens with one attached hydrogen (secondary N) is 1. The second-order valence-corrected chi connectivity index (χ2v) is 13.1. The van der Waals surface area contributed by atoms with E-state index in [9.17, 15) is 14.4 Å². The van der Waals surface area contributed by atoms with Crippen molar-refractivity contribution in [2.75, 3.05) is 6.54 Å². The van der Waals surface area contributed by atoms with Crippen LogP contribution in [0.15, 0.2) is 54.6 Å². The number of amides is 2. The first-order valence-electron chi connectivity index (χ1n) is 16.0.